The molecule has 0 bridgehead atoms. The second kappa shape index (κ2) is 11.1. The monoisotopic (exact) mass is 554 g/mol. The Bertz CT molecular complexity index is 1440. The fourth-order valence-corrected chi connectivity index (χ4v) is 5.27. The lowest BCUT2D eigenvalue weighted by Gasteiger charge is -2.35. The lowest BCUT2D eigenvalue weighted by Crippen LogP contribution is -2.46. The first-order chi connectivity index (χ1) is 18.4. The molecule has 1 saturated heterocycles. The largest absolute Gasteiger partial charge is 0.495 e. The minimum atomic E-state index is -0.256. The normalized spacial score (nSPS) is 14.1. The summed E-state index contributed by atoms with van der Waals surface area (Å²) in [6, 6.07) is 12.8. The fraction of sp³-hybridized carbons (Fsp3) is 0.296. The molecule has 0 radical (unpaired) electrons. The second-order valence-electron chi connectivity index (χ2n) is 8.87. The van der Waals surface area contributed by atoms with E-state index < -0.39 is 0 Å². The van der Waals surface area contributed by atoms with Crippen LogP contribution in [0.5, 0.6) is 11.5 Å². The summed E-state index contributed by atoms with van der Waals surface area (Å²) >= 11 is 13.1. The van der Waals surface area contributed by atoms with Crippen molar-refractivity contribution in [2.75, 3.05) is 57.2 Å². The number of fused-ring (bicyclic) bond motifs is 1. The molecular weight excluding hydrogens is 527 g/mol. The van der Waals surface area contributed by atoms with Gasteiger partial charge in [-0.15, -0.1) is 0 Å². The average molecular weight is 555 g/mol. The molecule has 9 nitrogen and oxygen atoms in total. The second-order valence-corrected chi connectivity index (χ2v) is 9.63. The molecule has 0 saturated carbocycles. The van der Waals surface area contributed by atoms with E-state index in [-0.39, 0.29) is 5.91 Å². The molecule has 0 spiro atoms. The Morgan fingerprint density at radius 3 is 2.26 bits per heavy atom. The molecule has 0 atom stereocenters. The van der Waals surface area contributed by atoms with E-state index in [2.05, 4.69) is 37.2 Å². The van der Waals surface area contributed by atoms with Crippen molar-refractivity contribution in [2.24, 2.45) is 0 Å². The van der Waals surface area contributed by atoms with Gasteiger partial charge in [0, 0.05) is 49.1 Å². The number of carbonyl (C=O) groups excluding carboxylic acids is 1. The third kappa shape index (κ3) is 4.97. The van der Waals surface area contributed by atoms with E-state index in [1.165, 1.54) is 14.2 Å². The molecule has 38 heavy (non-hydrogen) atoms. The Kier molecular flexibility index (Phi) is 7.60. The molecule has 1 aliphatic rings. The third-order valence-electron chi connectivity index (χ3n) is 6.80. The van der Waals surface area contributed by atoms with Crippen LogP contribution < -0.4 is 19.7 Å². The van der Waals surface area contributed by atoms with E-state index in [0.717, 1.165) is 38.4 Å². The summed E-state index contributed by atoms with van der Waals surface area (Å²) in [6.07, 6.45) is 0. The van der Waals surface area contributed by atoms with Gasteiger partial charge < -0.3 is 24.6 Å². The molecule has 4 aromatic rings. The number of anilines is 2. The fourth-order valence-electron chi connectivity index (χ4n) is 4.58. The van der Waals surface area contributed by atoms with Gasteiger partial charge in [-0.25, -0.2) is 4.98 Å². The van der Waals surface area contributed by atoms with Crippen LogP contribution in [0, 0.1) is 0 Å². The van der Waals surface area contributed by atoms with E-state index in [9.17, 15) is 4.79 Å². The molecule has 1 aliphatic heterocycles. The zero-order valence-corrected chi connectivity index (χ0v) is 22.9. The summed E-state index contributed by atoms with van der Waals surface area (Å²) in [5.74, 6) is 0.950. The van der Waals surface area contributed by atoms with Crippen molar-refractivity contribution >= 4 is 51.6 Å². The summed E-state index contributed by atoms with van der Waals surface area (Å²) in [5.41, 5.74) is 3.10. The molecule has 3 heterocycles. The highest BCUT2D eigenvalue weighted by atomic mass is 35.5. The van der Waals surface area contributed by atoms with Crippen molar-refractivity contribution in [3.63, 3.8) is 0 Å². The van der Waals surface area contributed by atoms with E-state index in [1.807, 2.05) is 24.3 Å². The Hall–Kier alpha value is -3.53. The van der Waals surface area contributed by atoms with Gasteiger partial charge in [-0.05, 0) is 42.9 Å². The van der Waals surface area contributed by atoms with Gasteiger partial charge in [0.15, 0.2) is 11.5 Å². The van der Waals surface area contributed by atoms with Gasteiger partial charge in [-0.3, -0.25) is 9.89 Å². The van der Waals surface area contributed by atoms with E-state index in [4.69, 9.17) is 32.7 Å². The van der Waals surface area contributed by atoms with E-state index in [0.29, 0.717) is 55.2 Å². The molecule has 2 N–H and O–H groups in total. The number of likely N-dealkylation sites (N-methyl/N-ethyl adjacent to an activating group) is 1. The van der Waals surface area contributed by atoms with E-state index >= 15 is 0 Å². The lowest BCUT2D eigenvalue weighted by atomic mass is 10.1. The van der Waals surface area contributed by atoms with Crippen LogP contribution in [0.3, 0.4) is 0 Å². The summed E-state index contributed by atoms with van der Waals surface area (Å²) in [6.45, 7) is 7.31. The molecule has 1 fully saturated rings. The first kappa shape index (κ1) is 26.1. The van der Waals surface area contributed by atoms with Crippen molar-refractivity contribution < 1.29 is 14.3 Å². The van der Waals surface area contributed by atoms with Crippen LogP contribution in [0.2, 0.25) is 10.0 Å². The van der Waals surface area contributed by atoms with Gasteiger partial charge in [0.25, 0.3) is 5.91 Å². The van der Waals surface area contributed by atoms with Crippen LogP contribution in [0.4, 0.5) is 11.5 Å². The van der Waals surface area contributed by atoms with Crippen LogP contribution in [-0.4, -0.2) is 72.9 Å². The molecule has 0 aliphatic carbocycles. The predicted octanol–water partition coefficient (Wildman–Crippen LogP) is 5.34. The highest BCUT2D eigenvalue weighted by Crippen LogP contribution is 2.45. The van der Waals surface area contributed by atoms with Crippen molar-refractivity contribution in [1.29, 1.82) is 0 Å². The maximum Gasteiger partial charge on any atom is 0.256 e. The number of ether oxygens (including phenoxy) is 2. The zero-order chi connectivity index (χ0) is 26.8. The number of pyridine rings is 1. The number of hydrogen-bond acceptors (Lipinski definition) is 7. The number of halogens is 2. The van der Waals surface area contributed by atoms with Gasteiger partial charge in [0.05, 0.1) is 35.3 Å². The lowest BCUT2D eigenvalue weighted by molar-refractivity contribution is 0.102. The Labute approximate surface area is 230 Å². The van der Waals surface area contributed by atoms with Gasteiger partial charge in [-0.1, -0.05) is 30.1 Å². The quantitative estimate of drug-likeness (QED) is 0.318. The molecule has 5 rings (SSSR count). The van der Waals surface area contributed by atoms with Crippen LogP contribution >= 0.6 is 23.2 Å². The summed E-state index contributed by atoms with van der Waals surface area (Å²) in [5, 5.41) is 11.3. The van der Waals surface area contributed by atoms with Crippen LogP contribution in [-0.2, 0) is 0 Å². The average Bonchev–Trinajstić information content (AvgIpc) is 3.35. The SMILES string of the molecule is CCN1CCN(c2ccc(C(=O)Nc3n[nH]c4nc(-c5c(Cl)c(OC)cc(OC)c5Cl)ccc34)cc2)CC1. The van der Waals surface area contributed by atoms with E-state index in [1.54, 1.807) is 18.2 Å². The highest BCUT2D eigenvalue weighted by molar-refractivity contribution is 6.41. The van der Waals surface area contributed by atoms with Crippen LogP contribution in [0.15, 0.2) is 42.5 Å². The van der Waals surface area contributed by atoms with Gasteiger partial charge >= 0.3 is 0 Å². The molecule has 11 heteroatoms. The number of nitrogens with zero attached hydrogens (tertiary/aromatic N) is 4. The first-order valence-corrected chi connectivity index (χ1v) is 13.0. The smallest absolute Gasteiger partial charge is 0.256 e. The number of amides is 1. The Balaban J connectivity index is 1.35. The van der Waals surface area contributed by atoms with Crippen molar-refractivity contribution in [3.05, 3.63) is 58.1 Å². The van der Waals surface area contributed by atoms with Gasteiger partial charge in [0.2, 0.25) is 0 Å². The summed E-state index contributed by atoms with van der Waals surface area (Å²) in [4.78, 5) is 22.4. The number of carbonyl (C=O) groups is 1. The molecule has 2 aromatic carbocycles. The molecule has 0 unspecified atom stereocenters. The minimum Gasteiger partial charge on any atom is -0.495 e. The predicted molar refractivity (Wildman–Crippen MR) is 151 cm³/mol. The zero-order valence-electron chi connectivity index (χ0n) is 21.3. The molecule has 1 amide bonds. The van der Waals surface area contributed by atoms with Gasteiger partial charge in [-0.2, -0.15) is 5.10 Å². The topological polar surface area (TPSA) is 95.6 Å². The number of methoxy groups -OCH3 is 2. The maximum absolute atomic E-state index is 13.0. The van der Waals surface area contributed by atoms with Gasteiger partial charge in [0.1, 0.15) is 11.5 Å². The van der Waals surface area contributed by atoms with Crippen molar-refractivity contribution in [2.45, 2.75) is 6.92 Å². The number of aromatic nitrogens is 3. The number of aromatic amines is 1. The maximum atomic E-state index is 13.0. The Morgan fingerprint density at radius 1 is 1.00 bits per heavy atom. The summed E-state index contributed by atoms with van der Waals surface area (Å²) < 4.78 is 10.7. The van der Waals surface area contributed by atoms with Crippen LogP contribution in [0.25, 0.3) is 22.3 Å². The number of H-pyrrole nitrogens is 1. The number of nitrogens with one attached hydrogen (secondary N) is 2. The van der Waals surface area contributed by atoms with Crippen molar-refractivity contribution in [3.8, 4) is 22.8 Å². The summed E-state index contributed by atoms with van der Waals surface area (Å²) in [7, 11) is 3.03. The molecular formula is C27H28Cl2N6O3. The standard InChI is InChI=1S/C27H28Cl2N6O3/c1-4-34-11-13-35(14-12-34)17-7-5-16(6-8-17)27(36)31-26-18-9-10-19(30-25(18)32-33-26)22-23(28)20(37-2)15-21(38-3)24(22)29/h5-10,15H,4,11-14H2,1-3H3,(H2,30,31,32,33,36). The number of rotatable bonds is 7. The van der Waals surface area contributed by atoms with Crippen LogP contribution in [0.1, 0.15) is 17.3 Å². The number of hydrogen-bond donors (Lipinski definition) is 2. The first-order valence-electron chi connectivity index (χ1n) is 12.3. The number of benzene rings is 2. The Morgan fingerprint density at radius 2 is 1.66 bits per heavy atom. The number of piperazine rings is 1. The van der Waals surface area contributed by atoms with Crippen molar-refractivity contribution in [1.82, 2.24) is 20.1 Å². The molecule has 2 aromatic heterocycles. The molecule has 198 valence electrons. The highest BCUT2D eigenvalue weighted by Gasteiger charge is 2.21. The third-order valence-corrected chi connectivity index (χ3v) is 7.55. The minimum absolute atomic E-state index is 0.256.